The van der Waals surface area contributed by atoms with Crippen molar-refractivity contribution in [1.29, 1.82) is 0 Å². The van der Waals surface area contributed by atoms with Crippen LogP contribution in [0.5, 0.6) is 11.5 Å². The average molecular weight is 476 g/mol. The van der Waals surface area contributed by atoms with Crippen molar-refractivity contribution in [2.45, 2.75) is 40.2 Å². The molecule has 0 fully saturated rings. The second-order valence-electron chi connectivity index (χ2n) is 7.01. The SMILES string of the molecule is C=CCC.CCC(=O)c1ccc(OCCO)cc1O.CO.Cc1ccccc1CN(C)CC=O. The monoisotopic (exact) mass is 475 g/mol. The minimum absolute atomic E-state index is 0.0858. The number of aromatic hydroxyl groups is 1. The molecule has 2 aromatic carbocycles. The fourth-order valence-electron chi connectivity index (χ4n) is 2.46. The molecule has 0 saturated heterocycles. The molecule has 0 spiro atoms. The van der Waals surface area contributed by atoms with Gasteiger partial charge in [0.05, 0.1) is 18.7 Å². The third kappa shape index (κ3) is 14.9. The Hall–Kier alpha value is -3.00. The summed E-state index contributed by atoms with van der Waals surface area (Å²) in [5.41, 5.74) is 2.86. The van der Waals surface area contributed by atoms with E-state index in [1.165, 1.54) is 23.3 Å². The van der Waals surface area contributed by atoms with Crippen molar-refractivity contribution in [1.82, 2.24) is 4.90 Å². The van der Waals surface area contributed by atoms with Crippen LogP contribution in [-0.4, -0.2) is 66.2 Å². The molecule has 2 aromatic rings. The van der Waals surface area contributed by atoms with Gasteiger partial charge in [0.2, 0.25) is 0 Å². The molecule has 0 aliphatic heterocycles. The second kappa shape index (κ2) is 21.8. The molecule has 0 amide bonds. The smallest absolute Gasteiger partial charge is 0.166 e. The molecule has 0 atom stereocenters. The van der Waals surface area contributed by atoms with Gasteiger partial charge in [-0.05, 0) is 43.7 Å². The quantitative estimate of drug-likeness (QED) is 0.269. The Morgan fingerprint density at radius 2 is 1.76 bits per heavy atom. The lowest BCUT2D eigenvalue weighted by molar-refractivity contribution is -0.108. The summed E-state index contributed by atoms with van der Waals surface area (Å²) in [5, 5.41) is 25.1. The van der Waals surface area contributed by atoms with Gasteiger partial charge in [0.15, 0.2) is 5.78 Å². The minimum atomic E-state index is -0.110. The van der Waals surface area contributed by atoms with E-state index in [9.17, 15) is 14.7 Å². The topological polar surface area (TPSA) is 107 Å². The van der Waals surface area contributed by atoms with Gasteiger partial charge in [-0.15, -0.1) is 6.58 Å². The normalized spacial score (nSPS) is 9.29. The summed E-state index contributed by atoms with van der Waals surface area (Å²) in [6.07, 6.45) is 4.24. The highest BCUT2D eigenvalue weighted by molar-refractivity contribution is 5.98. The van der Waals surface area contributed by atoms with Crippen molar-refractivity contribution in [3.05, 3.63) is 71.8 Å². The summed E-state index contributed by atoms with van der Waals surface area (Å²) in [5.74, 6) is 0.243. The molecular weight excluding hydrogens is 434 g/mol. The Morgan fingerprint density at radius 1 is 1.15 bits per heavy atom. The predicted octanol–water partition coefficient (Wildman–Crippen LogP) is 4.17. The molecular formula is C27H41NO6. The Balaban J connectivity index is 0. The van der Waals surface area contributed by atoms with E-state index in [0.717, 1.165) is 26.4 Å². The molecule has 0 saturated carbocycles. The predicted molar refractivity (Wildman–Crippen MR) is 138 cm³/mol. The van der Waals surface area contributed by atoms with Crippen molar-refractivity contribution in [3.8, 4) is 11.5 Å². The molecule has 0 unspecified atom stereocenters. The van der Waals surface area contributed by atoms with Crippen molar-refractivity contribution < 1.29 is 29.6 Å². The van der Waals surface area contributed by atoms with Crippen molar-refractivity contribution in [2.75, 3.05) is 33.9 Å². The van der Waals surface area contributed by atoms with Crippen molar-refractivity contribution in [3.63, 3.8) is 0 Å². The standard InChI is InChI=1S/C11H15NO.C11H14O4.C4H8.CH4O/c1-10-5-3-4-6-11(10)9-12(2)7-8-13;1-2-10(13)9-4-3-8(7-11(9)14)15-6-5-12;1-3-4-2;1-2/h3-6,8H,7,9H2,1-2H3;3-4,7,12,14H,2,5-6H2,1H3;3H,1,4H2,2H3;2H,1H3. The summed E-state index contributed by atoms with van der Waals surface area (Å²) < 4.78 is 5.08. The summed E-state index contributed by atoms with van der Waals surface area (Å²) in [7, 11) is 2.95. The van der Waals surface area contributed by atoms with Crippen LogP contribution in [0.2, 0.25) is 0 Å². The number of carbonyl (C=O) groups is 2. The lowest BCUT2D eigenvalue weighted by Gasteiger charge is -2.14. The molecule has 190 valence electrons. The van der Waals surface area contributed by atoms with Gasteiger partial charge in [-0.25, -0.2) is 0 Å². The summed E-state index contributed by atoms with van der Waals surface area (Å²) in [6, 6.07) is 12.7. The fraction of sp³-hybridized carbons (Fsp3) is 0.407. The van der Waals surface area contributed by atoms with Crippen LogP contribution in [0.3, 0.4) is 0 Å². The van der Waals surface area contributed by atoms with Crippen LogP contribution in [0.1, 0.15) is 48.2 Å². The van der Waals surface area contributed by atoms with Gasteiger partial charge in [0.25, 0.3) is 0 Å². The molecule has 7 nitrogen and oxygen atoms in total. The number of aldehydes is 1. The first-order valence-electron chi connectivity index (χ1n) is 11.2. The lowest BCUT2D eigenvalue weighted by Crippen LogP contribution is -2.20. The zero-order valence-electron chi connectivity index (χ0n) is 21.2. The number of aliphatic hydroxyl groups is 2. The number of hydrogen-bond acceptors (Lipinski definition) is 7. The number of Topliss-reactive ketones (excluding diaryl/α,β-unsaturated/α-hetero) is 1. The van der Waals surface area contributed by atoms with Gasteiger partial charge in [0, 0.05) is 26.1 Å². The van der Waals surface area contributed by atoms with Crippen LogP contribution >= 0.6 is 0 Å². The Bertz CT molecular complexity index is 823. The highest BCUT2D eigenvalue weighted by Gasteiger charge is 2.09. The van der Waals surface area contributed by atoms with Crippen molar-refractivity contribution in [2.24, 2.45) is 0 Å². The van der Waals surface area contributed by atoms with Crippen LogP contribution in [-0.2, 0) is 11.3 Å². The van der Waals surface area contributed by atoms with E-state index in [-0.39, 0.29) is 24.7 Å². The van der Waals surface area contributed by atoms with E-state index >= 15 is 0 Å². The first kappa shape index (κ1) is 33.2. The molecule has 0 aliphatic rings. The van der Waals surface area contributed by atoms with Crippen LogP contribution in [0.25, 0.3) is 0 Å². The minimum Gasteiger partial charge on any atom is -0.507 e. The van der Waals surface area contributed by atoms with Crippen LogP contribution in [0.15, 0.2) is 55.1 Å². The molecule has 0 bridgehead atoms. The number of benzene rings is 2. The molecule has 0 aliphatic carbocycles. The number of likely N-dealkylation sites (N-methyl/N-ethyl adjacent to an activating group) is 1. The molecule has 0 heterocycles. The Kier molecular flexibility index (Phi) is 21.3. The molecule has 0 radical (unpaired) electrons. The number of phenolic OH excluding ortho intramolecular Hbond substituents is 1. The van der Waals surface area contributed by atoms with Gasteiger partial charge >= 0.3 is 0 Å². The third-order valence-electron chi connectivity index (χ3n) is 4.33. The second-order valence-corrected chi connectivity index (χ2v) is 7.01. The molecule has 3 N–H and O–H groups in total. The first-order valence-corrected chi connectivity index (χ1v) is 11.2. The third-order valence-corrected chi connectivity index (χ3v) is 4.33. The summed E-state index contributed by atoms with van der Waals surface area (Å²) in [4.78, 5) is 23.6. The summed E-state index contributed by atoms with van der Waals surface area (Å²) >= 11 is 0. The number of rotatable bonds is 10. The number of hydrogen-bond donors (Lipinski definition) is 3. The maximum absolute atomic E-state index is 11.3. The van der Waals surface area contributed by atoms with Gasteiger partial charge in [-0.1, -0.05) is 44.2 Å². The highest BCUT2D eigenvalue weighted by atomic mass is 16.5. The zero-order valence-corrected chi connectivity index (χ0v) is 21.2. The zero-order chi connectivity index (χ0) is 26.4. The van der Waals surface area contributed by atoms with Gasteiger partial charge in [-0.2, -0.15) is 0 Å². The number of phenols is 1. The van der Waals surface area contributed by atoms with Crippen LogP contribution in [0.4, 0.5) is 0 Å². The van der Waals surface area contributed by atoms with E-state index in [2.05, 4.69) is 32.6 Å². The number of ketones is 1. The molecule has 34 heavy (non-hydrogen) atoms. The number of allylic oxidation sites excluding steroid dienone is 1. The first-order chi connectivity index (χ1) is 16.3. The number of aliphatic hydroxyl groups excluding tert-OH is 2. The molecule has 2 rings (SSSR count). The Morgan fingerprint density at radius 3 is 2.24 bits per heavy atom. The maximum atomic E-state index is 11.3. The van der Waals surface area contributed by atoms with Gasteiger partial charge < -0.3 is 24.9 Å². The van der Waals surface area contributed by atoms with E-state index in [4.69, 9.17) is 14.9 Å². The number of carbonyl (C=O) groups excluding carboxylic acids is 2. The van der Waals surface area contributed by atoms with E-state index in [1.54, 1.807) is 13.0 Å². The largest absolute Gasteiger partial charge is 0.507 e. The van der Waals surface area contributed by atoms with E-state index < -0.39 is 0 Å². The van der Waals surface area contributed by atoms with Gasteiger partial charge in [0.1, 0.15) is 24.4 Å². The molecule has 0 aromatic heterocycles. The van der Waals surface area contributed by atoms with E-state index in [0.29, 0.717) is 24.3 Å². The lowest BCUT2D eigenvalue weighted by atomic mass is 10.1. The summed E-state index contributed by atoms with van der Waals surface area (Å²) in [6.45, 7) is 10.8. The van der Waals surface area contributed by atoms with Gasteiger partial charge in [-0.3, -0.25) is 9.69 Å². The van der Waals surface area contributed by atoms with Crippen molar-refractivity contribution >= 4 is 12.1 Å². The average Bonchev–Trinajstić information content (AvgIpc) is 2.85. The number of aryl methyl sites for hydroxylation is 1. The number of nitrogens with zero attached hydrogens (tertiary/aromatic N) is 1. The maximum Gasteiger partial charge on any atom is 0.166 e. The molecule has 7 heteroatoms. The Labute approximate surface area is 204 Å². The number of ether oxygens (including phenoxy) is 1. The highest BCUT2D eigenvalue weighted by Crippen LogP contribution is 2.24. The fourth-order valence-corrected chi connectivity index (χ4v) is 2.46. The van der Waals surface area contributed by atoms with Crippen LogP contribution in [0, 0.1) is 6.92 Å². The van der Waals surface area contributed by atoms with Crippen LogP contribution < -0.4 is 4.74 Å². The van der Waals surface area contributed by atoms with E-state index in [1.807, 2.05) is 30.2 Å².